The van der Waals surface area contributed by atoms with Crippen LogP contribution in [-0.4, -0.2) is 6.04 Å². The summed E-state index contributed by atoms with van der Waals surface area (Å²) in [5.74, 6) is 0. The molecule has 1 aromatic heterocycles. The molecule has 21 heavy (non-hydrogen) atoms. The molecule has 0 saturated carbocycles. The highest BCUT2D eigenvalue weighted by molar-refractivity contribution is 9.11. The van der Waals surface area contributed by atoms with Crippen LogP contribution >= 0.6 is 27.3 Å². The number of hydrogen-bond acceptors (Lipinski definition) is 2. The van der Waals surface area contributed by atoms with E-state index in [1.807, 2.05) is 11.3 Å². The quantitative estimate of drug-likeness (QED) is 0.739. The number of nitrogens with one attached hydrogen (secondary N) is 1. The second-order valence-electron chi connectivity index (χ2n) is 5.97. The van der Waals surface area contributed by atoms with Gasteiger partial charge in [0.05, 0.1) is 3.79 Å². The van der Waals surface area contributed by atoms with Crippen LogP contribution in [0.4, 0.5) is 0 Å². The summed E-state index contributed by atoms with van der Waals surface area (Å²) in [7, 11) is 0. The van der Waals surface area contributed by atoms with Gasteiger partial charge in [-0.3, -0.25) is 0 Å². The smallest absolute Gasteiger partial charge is 0.0704 e. The third kappa shape index (κ3) is 3.97. The molecule has 0 aliphatic heterocycles. The van der Waals surface area contributed by atoms with Crippen molar-refractivity contribution >= 4 is 27.3 Å². The lowest BCUT2D eigenvalue weighted by Crippen LogP contribution is -2.32. The monoisotopic (exact) mass is 363 g/mol. The van der Waals surface area contributed by atoms with E-state index < -0.39 is 0 Å². The van der Waals surface area contributed by atoms with E-state index in [9.17, 15) is 0 Å². The Labute approximate surface area is 139 Å². The van der Waals surface area contributed by atoms with Crippen LogP contribution in [0, 0.1) is 0 Å². The Morgan fingerprint density at radius 3 is 2.95 bits per heavy atom. The van der Waals surface area contributed by atoms with Crippen LogP contribution < -0.4 is 5.32 Å². The Morgan fingerprint density at radius 1 is 1.33 bits per heavy atom. The van der Waals surface area contributed by atoms with Crippen LogP contribution in [0.25, 0.3) is 0 Å². The predicted molar refractivity (Wildman–Crippen MR) is 95.1 cm³/mol. The summed E-state index contributed by atoms with van der Waals surface area (Å²) in [5.41, 5.74) is 2.97. The lowest BCUT2D eigenvalue weighted by atomic mass is 9.93. The SMILES string of the molecule is CC(CCc1ccccc1)NC1CCCc2sc(Br)cc21. The lowest BCUT2D eigenvalue weighted by molar-refractivity contribution is 0.398. The number of hydrogen-bond donors (Lipinski definition) is 1. The fraction of sp³-hybridized carbons (Fsp3) is 0.444. The van der Waals surface area contributed by atoms with Crippen molar-refractivity contribution in [3.8, 4) is 0 Å². The molecule has 112 valence electrons. The van der Waals surface area contributed by atoms with Crippen LogP contribution in [0.15, 0.2) is 40.2 Å². The zero-order valence-electron chi connectivity index (χ0n) is 12.4. The fourth-order valence-corrected chi connectivity index (χ4v) is 4.97. The second kappa shape index (κ2) is 7.08. The molecule has 1 nitrogen and oxygen atoms in total. The van der Waals surface area contributed by atoms with Gasteiger partial charge in [0.2, 0.25) is 0 Å². The summed E-state index contributed by atoms with van der Waals surface area (Å²) in [5, 5.41) is 3.84. The van der Waals surface area contributed by atoms with Gasteiger partial charge in [-0.2, -0.15) is 0 Å². The molecule has 1 heterocycles. The van der Waals surface area contributed by atoms with E-state index in [1.165, 1.54) is 40.6 Å². The summed E-state index contributed by atoms with van der Waals surface area (Å²) in [4.78, 5) is 1.57. The summed E-state index contributed by atoms with van der Waals surface area (Å²) in [6, 6.07) is 14.2. The molecule has 0 spiro atoms. The zero-order valence-corrected chi connectivity index (χ0v) is 14.8. The minimum Gasteiger partial charge on any atom is -0.307 e. The van der Waals surface area contributed by atoms with Gasteiger partial charge in [-0.1, -0.05) is 30.3 Å². The highest BCUT2D eigenvalue weighted by Crippen LogP contribution is 2.38. The third-order valence-corrected chi connectivity index (χ3v) is 5.99. The average Bonchev–Trinajstić information content (AvgIpc) is 2.88. The molecule has 3 rings (SSSR count). The first-order valence-electron chi connectivity index (χ1n) is 7.80. The van der Waals surface area contributed by atoms with E-state index in [-0.39, 0.29) is 0 Å². The Balaban J connectivity index is 1.57. The second-order valence-corrected chi connectivity index (χ2v) is 8.48. The molecule has 0 amide bonds. The number of thiophene rings is 1. The summed E-state index contributed by atoms with van der Waals surface area (Å²) < 4.78 is 1.28. The third-order valence-electron chi connectivity index (χ3n) is 4.28. The van der Waals surface area contributed by atoms with Crippen LogP contribution in [0.2, 0.25) is 0 Å². The molecular weight excluding hydrogens is 342 g/mol. The van der Waals surface area contributed by atoms with E-state index >= 15 is 0 Å². The van der Waals surface area contributed by atoms with E-state index in [0.717, 1.165) is 6.42 Å². The van der Waals surface area contributed by atoms with Gasteiger partial charge in [0.1, 0.15) is 0 Å². The first-order valence-corrected chi connectivity index (χ1v) is 9.41. The van der Waals surface area contributed by atoms with Crippen molar-refractivity contribution in [2.75, 3.05) is 0 Å². The standard InChI is InChI=1S/C18H22BrNS/c1-13(10-11-14-6-3-2-4-7-14)20-16-8-5-9-17-15(16)12-18(19)21-17/h2-4,6-7,12-13,16,20H,5,8-11H2,1H3. The number of rotatable bonds is 5. The van der Waals surface area contributed by atoms with Crippen molar-refractivity contribution in [3.63, 3.8) is 0 Å². The molecule has 2 aromatic rings. The van der Waals surface area contributed by atoms with Gasteiger partial charge in [0, 0.05) is 17.0 Å². The number of benzene rings is 1. The molecule has 1 aliphatic carbocycles. The van der Waals surface area contributed by atoms with Crippen molar-refractivity contribution in [2.45, 2.75) is 51.1 Å². The first-order chi connectivity index (χ1) is 10.2. The van der Waals surface area contributed by atoms with Crippen molar-refractivity contribution in [3.05, 3.63) is 56.2 Å². The van der Waals surface area contributed by atoms with Crippen LogP contribution in [0.5, 0.6) is 0 Å². The molecule has 0 radical (unpaired) electrons. The Kier molecular flexibility index (Phi) is 5.15. The molecular formula is C18H22BrNS. The minimum atomic E-state index is 0.544. The molecule has 1 aromatic carbocycles. The number of fused-ring (bicyclic) bond motifs is 1. The zero-order chi connectivity index (χ0) is 14.7. The lowest BCUT2D eigenvalue weighted by Gasteiger charge is -2.27. The average molecular weight is 364 g/mol. The van der Waals surface area contributed by atoms with Gasteiger partial charge in [-0.15, -0.1) is 11.3 Å². The molecule has 2 unspecified atom stereocenters. The summed E-state index contributed by atoms with van der Waals surface area (Å²) >= 11 is 5.55. The molecule has 1 N–H and O–H groups in total. The topological polar surface area (TPSA) is 12.0 Å². The van der Waals surface area contributed by atoms with Gasteiger partial charge in [-0.05, 0) is 72.2 Å². The number of aryl methyl sites for hydroxylation is 2. The van der Waals surface area contributed by atoms with Gasteiger partial charge in [-0.25, -0.2) is 0 Å². The largest absolute Gasteiger partial charge is 0.307 e. The normalized spacial score (nSPS) is 19.2. The van der Waals surface area contributed by atoms with E-state index in [1.54, 1.807) is 4.88 Å². The summed E-state index contributed by atoms with van der Waals surface area (Å²) in [6.07, 6.45) is 6.18. The van der Waals surface area contributed by atoms with Gasteiger partial charge >= 0.3 is 0 Å². The maximum atomic E-state index is 3.84. The maximum Gasteiger partial charge on any atom is 0.0704 e. The fourth-order valence-electron chi connectivity index (χ4n) is 3.15. The highest BCUT2D eigenvalue weighted by Gasteiger charge is 2.23. The van der Waals surface area contributed by atoms with E-state index in [0.29, 0.717) is 12.1 Å². The first kappa shape index (κ1) is 15.3. The Hall–Kier alpha value is -0.640. The Bertz CT molecular complexity index is 578. The van der Waals surface area contributed by atoms with E-state index in [4.69, 9.17) is 0 Å². The van der Waals surface area contributed by atoms with Crippen molar-refractivity contribution in [1.29, 1.82) is 0 Å². The van der Waals surface area contributed by atoms with Crippen LogP contribution in [-0.2, 0) is 12.8 Å². The molecule has 0 saturated heterocycles. The van der Waals surface area contributed by atoms with Crippen molar-refractivity contribution in [2.24, 2.45) is 0 Å². The molecule has 2 atom stereocenters. The predicted octanol–water partition coefficient (Wildman–Crippen LogP) is 5.50. The summed E-state index contributed by atoms with van der Waals surface area (Å²) in [6.45, 7) is 2.32. The van der Waals surface area contributed by atoms with Gasteiger partial charge < -0.3 is 5.32 Å². The van der Waals surface area contributed by atoms with Crippen molar-refractivity contribution in [1.82, 2.24) is 5.32 Å². The van der Waals surface area contributed by atoms with Gasteiger partial charge in [0.25, 0.3) is 0 Å². The molecule has 0 bridgehead atoms. The van der Waals surface area contributed by atoms with E-state index in [2.05, 4.69) is 64.6 Å². The van der Waals surface area contributed by atoms with Gasteiger partial charge in [0.15, 0.2) is 0 Å². The van der Waals surface area contributed by atoms with Crippen LogP contribution in [0.3, 0.4) is 0 Å². The maximum absolute atomic E-state index is 3.84. The van der Waals surface area contributed by atoms with Crippen molar-refractivity contribution < 1.29 is 0 Å². The molecule has 0 fully saturated rings. The molecule has 1 aliphatic rings. The Morgan fingerprint density at radius 2 is 2.14 bits per heavy atom. The highest BCUT2D eigenvalue weighted by atomic mass is 79.9. The minimum absolute atomic E-state index is 0.544. The van der Waals surface area contributed by atoms with Crippen LogP contribution in [0.1, 0.15) is 48.2 Å². The molecule has 3 heteroatoms. The number of halogens is 1.